The third-order valence-electron chi connectivity index (χ3n) is 8.79. The Morgan fingerprint density at radius 2 is 1.21 bits per heavy atom. The monoisotopic (exact) mass is 545 g/mol. The van der Waals surface area contributed by atoms with Crippen molar-refractivity contribution in [3.63, 3.8) is 0 Å². The van der Waals surface area contributed by atoms with E-state index in [1.807, 2.05) is 0 Å². The number of aryl methyl sites for hydroxylation is 4. The molecular formula is C34H44ClN3O. The van der Waals surface area contributed by atoms with Crippen LogP contribution in [0.15, 0.2) is 60.7 Å². The summed E-state index contributed by atoms with van der Waals surface area (Å²) in [5.41, 5.74) is 9.77. The molecule has 5 rings (SSSR count). The fourth-order valence-corrected chi connectivity index (χ4v) is 6.80. The van der Waals surface area contributed by atoms with Crippen molar-refractivity contribution in [3.8, 4) is 0 Å². The Labute approximate surface area is 241 Å². The SMILES string of the molecule is Cc1cc(C)cc([C@H](C)NC(=O)C2(N3CCN([C@@H](C)c4cc(C)cc(C)c4)CC3)Cc3ccccc3C2)c1.Cl. The van der Waals surface area contributed by atoms with Gasteiger partial charge in [0.05, 0.1) is 6.04 Å². The smallest absolute Gasteiger partial charge is 0.241 e. The van der Waals surface area contributed by atoms with Gasteiger partial charge in [-0.2, -0.15) is 0 Å². The maximum Gasteiger partial charge on any atom is 0.241 e. The van der Waals surface area contributed by atoms with E-state index < -0.39 is 5.54 Å². The van der Waals surface area contributed by atoms with E-state index in [9.17, 15) is 4.79 Å². The van der Waals surface area contributed by atoms with E-state index in [0.717, 1.165) is 39.0 Å². The molecule has 0 bridgehead atoms. The minimum Gasteiger partial charge on any atom is -0.348 e. The molecule has 3 aromatic carbocycles. The minimum atomic E-state index is -0.536. The molecule has 0 aromatic heterocycles. The van der Waals surface area contributed by atoms with Crippen LogP contribution in [0.1, 0.15) is 70.4 Å². The van der Waals surface area contributed by atoms with Crippen molar-refractivity contribution in [1.29, 1.82) is 0 Å². The summed E-state index contributed by atoms with van der Waals surface area (Å²) in [4.78, 5) is 19.3. The molecule has 1 fully saturated rings. The average Bonchev–Trinajstić information content (AvgIpc) is 3.28. The summed E-state index contributed by atoms with van der Waals surface area (Å²) in [6.45, 7) is 16.8. The fourth-order valence-electron chi connectivity index (χ4n) is 6.80. The van der Waals surface area contributed by atoms with Crippen LogP contribution in [0.3, 0.4) is 0 Å². The second-order valence-corrected chi connectivity index (χ2v) is 11.9. The second-order valence-electron chi connectivity index (χ2n) is 11.9. The topological polar surface area (TPSA) is 35.6 Å². The Kier molecular flexibility index (Phi) is 8.90. The predicted octanol–water partition coefficient (Wildman–Crippen LogP) is 6.44. The number of piperazine rings is 1. The van der Waals surface area contributed by atoms with Crippen molar-refractivity contribution in [1.82, 2.24) is 15.1 Å². The number of halogens is 1. The molecule has 1 N–H and O–H groups in total. The van der Waals surface area contributed by atoms with Crippen LogP contribution < -0.4 is 5.32 Å². The number of nitrogens with zero attached hydrogens (tertiary/aromatic N) is 2. The molecular weight excluding hydrogens is 502 g/mol. The number of amides is 1. The van der Waals surface area contributed by atoms with Crippen LogP contribution in [0.25, 0.3) is 0 Å². The van der Waals surface area contributed by atoms with Gasteiger partial charge in [0.25, 0.3) is 0 Å². The lowest BCUT2D eigenvalue weighted by molar-refractivity contribution is -0.135. The second kappa shape index (κ2) is 11.8. The maximum absolute atomic E-state index is 14.2. The van der Waals surface area contributed by atoms with E-state index in [-0.39, 0.29) is 24.4 Å². The molecule has 1 saturated heterocycles. The van der Waals surface area contributed by atoms with Crippen molar-refractivity contribution in [2.75, 3.05) is 26.2 Å². The van der Waals surface area contributed by atoms with E-state index in [2.05, 4.69) is 117 Å². The van der Waals surface area contributed by atoms with Gasteiger partial charge < -0.3 is 5.32 Å². The molecule has 4 nitrogen and oxygen atoms in total. The van der Waals surface area contributed by atoms with E-state index in [4.69, 9.17) is 0 Å². The van der Waals surface area contributed by atoms with Gasteiger partial charge >= 0.3 is 0 Å². The quantitative estimate of drug-likeness (QED) is 0.387. The van der Waals surface area contributed by atoms with Gasteiger partial charge in [-0.1, -0.05) is 82.9 Å². The molecule has 0 spiro atoms. The highest BCUT2D eigenvalue weighted by atomic mass is 35.5. The Morgan fingerprint density at radius 1 is 0.744 bits per heavy atom. The first kappa shape index (κ1) is 29.3. The zero-order chi connectivity index (χ0) is 27.0. The van der Waals surface area contributed by atoms with Gasteiger partial charge in [-0.3, -0.25) is 14.6 Å². The van der Waals surface area contributed by atoms with E-state index in [1.54, 1.807) is 0 Å². The number of nitrogens with one attached hydrogen (secondary N) is 1. The van der Waals surface area contributed by atoms with Gasteiger partial charge in [-0.05, 0) is 63.8 Å². The van der Waals surface area contributed by atoms with Gasteiger partial charge in [-0.25, -0.2) is 0 Å². The van der Waals surface area contributed by atoms with Crippen molar-refractivity contribution >= 4 is 18.3 Å². The summed E-state index contributed by atoms with van der Waals surface area (Å²) in [7, 11) is 0. The lowest BCUT2D eigenvalue weighted by Gasteiger charge is -2.46. The molecule has 0 saturated carbocycles. The summed E-state index contributed by atoms with van der Waals surface area (Å²) in [5.74, 6) is 0.163. The third kappa shape index (κ3) is 6.09. The Bertz CT molecular complexity index is 1260. The summed E-state index contributed by atoms with van der Waals surface area (Å²) >= 11 is 0. The zero-order valence-corrected chi connectivity index (χ0v) is 25.2. The number of fused-ring (bicyclic) bond motifs is 1. The van der Waals surface area contributed by atoms with Crippen LogP contribution in [-0.4, -0.2) is 47.4 Å². The van der Waals surface area contributed by atoms with Crippen molar-refractivity contribution < 1.29 is 4.79 Å². The third-order valence-corrected chi connectivity index (χ3v) is 8.79. The number of carbonyl (C=O) groups is 1. The van der Waals surface area contributed by atoms with Gasteiger partial charge in [0, 0.05) is 45.1 Å². The average molecular weight is 546 g/mol. The predicted molar refractivity (Wildman–Crippen MR) is 164 cm³/mol. The van der Waals surface area contributed by atoms with Gasteiger partial charge in [0.2, 0.25) is 5.91 Å². The fraction of sp³-hybridized carbons (Fsp3) is 0.441. The summed E-state index contributed by atoms with van der Waals surface area (Å²) in [6.07, 6.45) is 1.56. The van der Waals surface area contributed by atoms with Crippen LogP contribution in [0.2, 0.25) is 0 Å². The van der Waals surface area contributed by atoms with Crippen LogP contribution in [0.5, 0.6) is 0 Å². The number of rotatable bonds is 6. The molecule has 5 heteroatoms. The largest absolute Gasteiger partial charge is 0.348 e. The first-order valence-corrected chi connectivity index (χ1v) is 14.2. The molecule has 1 amide bonds. The van der Waals surface area contributed by atoms with E-state index in [0.29, 0.717) is 6.04 Å². The molecule has 1 aliphatic carbocycles. The van der Waals surface area contributed by atoms with Crippen LogP contribution in [0.4, 0.5) is 0 Å². The van der Waals surface area contributed by atoms with Gasteiger partial charge in [0.1, 0.15) is 5.54 Å². The molecule has 3 aromatic rings. The summed E-state index contributed by atoms with van der Waals surface area (Å²) in [5, 5.41) is 3.44. The molecule has 1 heterocycles. The lowest BCUT2D eigenvalue weighted by atomic mass is 9.89. The minimum absolute atomic E-state index is 0. The Balaban J connectivity index is 0.00000353. The first-order valence-electron chi connectivity index (χ1n) is 14.2. The highest BCUT2D eigenvalue weighted by Crippen LogP contribution is 2.37. The van der Waals surface area contributed by atoms with E-state index in [1.165, 1.54) is 44.5 Å². The molecule has 2 aliphatic rings. The summed E-state index contributed by atoms with van der Waals surface area (Å²) in [6, 6.07) is 22.4. The van der Waals surface area contributed by atoms with Gasteiger partial charge in [-0.15, -0.1) is 12.4 Å². The standard InChI is InChI=1S/C34H43N3O.ClH/c1-23-15-24(2)18-31(17-23)27(5)35-33(38)34(21-29-9-7-8-10-30(29)22-34)37-13-11-36(12-14-37)28(6)32-19-25(3)16-26(4)20-32;/h7-10,15-20,27-28H,11-14,21-22H2,1-6H3,(H,35,38);1H/t27-,28-;/m0./s1. The first-order chi connectivity index (χ1) is 18.1. The normalized spacial score (nSPS) is 18.6. The molecule has 208 valence electrons. The van der Waals surface area contributed by atoms with Crippen molar-refractivity contribution in [3.05, 3.63) is 105 Å². The molecule has 2 atom stereocenters. The van der Waals surface area contributed by atoms with Gasteiger partial charge in [0.15, 0.2) is 0 Å². The number of benzene rings is 3. The number of hydrogen-bond donors (Lipinski definition) is 1. The highest BCUT2D eigenvalue weighted by molar-refractivity contribution is 5.88. The van der Waals surface area contributed by atoms with Crippen LogP contribution in [-0.2, 0) is 17.6 Å². The van der Waals surface area contributed by atoms with E-state index >= 15 is 0 Å². The van der Waals surface area contributed by atoms with Crippen molar-refractivity contribution in [2.24, 2.45) is 0 Å². The Morgan fingerprint density at radius 3 is 1.69 bits per heavy atom. The number of hydrogen-bond acceptors (Lipinski definition) is 3. The highest BCUT2D eigenvalue weighted by Gasteiger charge is 2.49. The molecule has 0 unspecified atom stereocenters. The maximum atomic E-state index is 14.2. The molecule has 39 heavy (non-hydrogen) atoms. The van der Waals surface area contributed by atoms with Crippen molar-refractivity contribution in [2.45, 2.75) is 72.0 Å². The van der Waals surface area contributed by atoms with Crippen LogP contribution >= 0.6 is 12.4 Å². The zero-order valence-electron chi connectivity index (χ0n) is 24.4. The molecule has 0 radical (unpaired) electrons. The van der Waals surface area contributed by atoms with Crippen LogP contribution in [0, 0.1) is 27.7 Å². The number of carbonyl (C=O) groups excluding carboxylic acids is 1. The molecule has 1 aliphatic heterocycles. The summed E-state index contributed by atoms with van der Waals surface area (Å²) < 4.78 is 0. The Hall–Kier alpha value is -2.66. The lowest BCUT2D eigenvalue weighted by Crippen LogP contribution is -2.64.